The van der Waals surface area contributed by atoms with Crippen molar-refractivity contribution < 1.29 is 29.7 Å². The molecule has 0 unspecified atom stereocenters. The second-order valence-corrected chi connectivity index (χ2v) is 6.30. The lowest BCUT2D eigenvalue weighted by Crippen LogP contribution is -2.22. The monoisotopic (exact) mass is 354 g/mol. The molecule has 6 heteroatoms. The number of phenols is 3. The van der Waals surface area contributed by atoms with Gasteiger partial charge in [0.15, 0.2) is 5.78 Å². The maximum Gasteiger partial charge on any atom is 0.202 e. The number of aromatic hydroxyl groups is 3. The van der Waals surface area contributed by atoms with Gasteiger partial charge in [-0.2, -0.15) is 0 Å². The second-order valence-electron chi connectivity index (χ2n) is 6.30. The molecule has 0 fully saturated rings. The summed E-state index contributed by atoms with van der Waals surface area (Å²) in [6.07, 6.45) is 1.42. The Morgan fingerprint density at radius 2 is 1.65 bits per heavy atom. The smallest absolute Gasteiger partial charge is 0.202 e. The van der Waals surface area contributed by atoms with Crippen LogP contribution in [0.2, 0.25) is 0 Å². The Morgan fingerprint density at radius 1 is 0.923 bits per heavy atom. The number of phenolic OH excluding ortho intramolecular Hbond substituents is 3. The molecule has 2 aromatic rings. The van der Waals surface area contributed by atoms with Crippen molar-refractivity contribution in [3.63, 3.8) is 0 Å². The van der Waals surface area contributed by atoms with E-state index in [9.17, 15) is 29.7 Å². The van der Waals surface area contributed by atoms with Crippen molar-refractivity contribution in [3.05, 3.63) is 52.1 Å². The number of ketones is 3. The SMILES string of the molecule is CCCC(=O)CCc1cc(O)c2c(c1O)C(=O)c1c(O)cccc1C2=O. The number of rotatable bonds is 5. The molecule has 0 aromatic heterocycles. The van der Waals surface area contributed by atoms with Gasteiger partial charge in [0.25, 0.3) is 0 Å². The molecule has 134 valence electrons. The number of hydrogen-bond acceptors (Lipinski definition) is 6. The summed E-state index contributed by atoms with van der Waals surface area (Å²) in [6.45, 7) is 1.88. The van der Waals surface area contributed by atoms with Crippen LogP contribution in [0.3, 0.4) is 0 Å². The number of benzene rings is 2. The van der Waals surface area contributed by atoms with Crippen LogP contribution in [-0.2, 0) is 11.2 Å². The molecule has 0 saturated carbocycles. The van der Waals surface area contributed by atoms with Gasteiger partial charge in [0, 0.05) is 18.4 Å². The second kappa shape index (κ2) is 6.63. The van der Waals surface area contributed by atoms with Gasteiger partial charge in [-0.3, -0.25) is 14.4 Å². The van der Waals surface area contributed by atoms with E-state index in [1.165, 1.54) is 24.3 Å². The Kier molecular flexibility index (Phi) is 4.50. The van der Waals surface area contributed by atoms with E-state index < -0.39 is 23.1 Å². The quantitative estimate of drug-likeness (QED) is 0.608. The van der Waals surface area contributed by atoms with Gasteiger partial charge >= 0.3 is 0 Å². The Balaban J connectivity index is 2.10. The minimum absolute atomic E-state index is 0.00880. The summed E-state index contributed by atoms with van der Waals surface area (Å²) in [5.41, 5.74) is -0.621. The van der Waals surface area contributed by atoms with Gasteiger partial charge in [-0.15, -0.1) is 0 Å². The van der Waals surface area contributed by atoms with E-state index in [1.807, 2.05) is 6.92 Å². The predicted molar refractivity (Wildman–Crippen MR) is 93.0 cm³/mol. The maximum atomic E-state index is 12.8. The molecule has 3 N–H and O–H groups in total. The first-order valence-corrected chi connectivity index (χ1v) is 8.37. The Labute approximate surface area is 149 Å². The number of Topliss-reactive ketones (excluding diaryl/α,β-unsaturated/α-hetero) is 1. The van der Waals surface area contributed by atoms with Gasteiger partial charge in [-0.1, -0.05) is 19.1 Å². The first-order valence-electron chi connectivity index (χ1n) is 8.37. The number of aryl methyl sites for hydroxylation is 1. The van der Waals surface area contributed by atoms with E-state index >= 15 is 0 Å². The molecule has 2 aromatic carbocycles. The van der Waals surface area contributed by atoms with Gasteiger partial charge in [0.2, 0.25) is 5.78 Å². The zero-order valence-corrected chi connectivity index (χ0v) is 14.2. The van der Waals surface area contributed by atoms with Crippen molar-refractivity contribution in [1.82, 2.24) is 0 Å². The third-order valence-electron chi connectivity index (χ3n) is 4.53. The third kappa shape index (κ3) is 2.73. The average Bonchev–Trinajstić information content (AvgIpc) is 2.60. The van der Waals surface area contributed by atoms with E-state index in [-0.39, 0.29) is 52.2 Å². The minimum Gasteiger partial charge on any atom is -0.507 e. The highest BCUT2D eigenvalue weighted by Crippen LogP contribution is 2.42. The van der Waals surface area contributed by atoms with Crippen LogP contribution in [0.25, 0.3) is 0 Å². The van der Waals surface area contributed by atoms with Crippen molar-refractivity contribution in [3.8, 4) is 17.2 Å². The molecule has 6 nitrogen and oxygen atoms in total. The molecule has 26 heavy (non-hydrogen) atoms. The summed E-state index contributed by atoms with van der Waals surface area (Å²) in [5, 5.41) is 30.8. The zero-order chi connectivity index (χ0) is 19.0. The molecular formula is C20H18O6. The first kappa shape index (κ1) is 17.7. The van der Waals surface area contributed by atoms with Gasteiger partial charge < -0.3 is 15.3 Å². The lowest BCUT2D eigenvalue weighted by atomic mass is 9.81. The Bertz CT molecular complexity index is 942. The molecule has 0 amide bonds. The first-order chi connectivity index (χ1) is 12.4. The molecule has 0 aliphatic heterocycles. The molecule has 0 radical (unpaired) electrons. The summed E-state index contributed by atoms with van der Waals surface area (Å²) in [4.78, 5) is 37.2. The van der Waals surface area contributed by atoms with Crippen LogP contribution in [-0.4, -0.2) is 32.7 Å². The topological polar surface area (TPSA) is 112 Å². The van der Waals surface area contributed by atoms with Crippen LogP contribution in [0.15, 0.2) is 24.3 Å². The lowest BCUT2D eigenvalue weighted by Gasteiger charge is -2.21. The van der Waals surface area contributed by atoms with Crippen LogP contribution in [0.5, 0.6) is 17.2 Å². The summed E-state index contributed by atoms with van der Waals surface area (Å²) in [7, 11) is 0. The lowest BCUT2D eigenvalue weighted by molar-refractivity contribution is -0.119. The van der Waals surface area contributed by atoms with Crippen molar-refractivity contribution in [1.29, 1.82) is 0 Å². The van der Waals surface area contributed by atoms with Crippen molar-refractivity contribution >= 4 is 17.3 Å². The van der Waals surface area contributed by atoms with Crippen LogP contribution >= 0.6 is 0 Å². The summed E-state index contributed by atoms with van der Waals surface area (Å²) in [6, 6.07) is 5.30. The number of hydrogen-bond donors (Lipinski definition) is 3. The molecule has 1 aliphatic carbocycles. The van der Waals surface area contributed by atoms with Crippen LogP contribution < -0.4 is 0 Å². The van der Waals surface area contributed by atoms with Crippen LogP contribution in [0.1, 0.15) is 63.6 Å². The van der Waals surface area contributed by atoms with Crippen molar-refractivity contribution in [2.24, 2.45) is 0 Å². The fourth-order valence-electron chi connectivity index (χ4n) is 3.26. The molecule has 0 spiro atoms. The highest BCUT2D eigenvalue weighted by Gasteiger charge is 2.37. The van der Waals surface area contributed by atoms with Gasteiger partial charge in [0.1, 0.15) is 23.0 Å². The molecule has 0 heterocycles. The van der Waals surface area contributed by atoms with E-state index in [0.29, 0.717) is 12.8 Å². The fraction of sp³-hybridized carbons (Fsp3) is 0.250. The molecular weight excluding hydrogens is 336 g/mol. The third-order valence-corrected chi connectivity index (χ3v) is 4.53. The molecule has 0 bridgehead atoms. The minimum atomic E-state index is -0.734. The maximum absolute atomic E-state index is 12.8. The molecule has 0 saturated heterocycles. The average molecular weight is 354 g/mol. The normalized spacial score (nSPS) is 12.7. The number of carbonyl (C=O) groups is 3. The van der Waals surface area contributed by atoms with E-state index in [2.05, 4.69) is 0 Å². The van der Waals surface area contributed by atoms with E-state index in [0.717, 1.165) is 0 Å². The number of carbonyl (C=O) groups excluding carboxylic acids is 3. The number of fused-ring (bicyclic) bond motifs is 2. The largest absolute Gasteiger partial charge is 0.507 e. The summed E-state index contributed by atoms with van der Waals surface area (Å²) in [5.74, 6) is -2.60. The highest BCUT2D eigenvalue weighted by molar-refractivity contribution is 6.31. The highest BCUT2D eigenvalue weighted by atomic mass is 16.3. The van der Waals surface area contributed by atoms with Gasteiger partial charge in [-0.05, 0) is 30.5 Å². The van der Waals surface area contributed by atoms with Crippen molar-refractivity contribution in [2.45, 2.75) is 32.6 Å². The van der Waals surface area contributed by atoms with Gasteiger partial charge in [-0.25, -0.2) is 0 Å². The summed E-state index contributed by atoms with van der Waals surface area (Å²) >= 11 is 0. The Hall–Kier alpha value is -3.15. The fourth-order valence-corrected chi connectivity index (χ4v) is 3.26. The van der Waals surface area contributed by atoms with Crippen LogP contribution in [0.4, 0.5) is 0 Å². The molecule has 1 aliphatic rings. The van der Waals surface area contributed by atoms with E-state index in [4.69, 9.17) is 0 Å². The summed E-state index contributed by atoms with van der Waals surface area (Å²) < 4.78 is 0. The van der Waals surface area contributed by atoms with E-state index in [1.54, 1.807) is 0 Å². The molecule has 0 atom stereocenters. The van der Waals surface area contributed by atoms with Gasteiger partial charge in [0.05, 0.1) is 16.7 Å². The zero-order valence-electron chi connectivity index (χ0n) is 14.2. The van der Waals surface area contributed by atoms with Crippen LogP contribution in [0, 0.1) is 0 Å². The van der Waals surface area contributed by atoms with Crippen molar-refractivity contribution in [2.75, 3.05) is 0 Å². The standard InChI is InChI=1S/C20H18O6/c1-2-4-11(21)8-7-10-9-14(23)16-17(18(10)24)20(26)15-12(19(16)25)5-3-6-13(15)22/h3,5-6,9,22-24H,2,4,7-8H2,1H3. The predicted octanol–water partition coefficient (Wildman–Crippen LogP) is 2.88. The Morgan fingerprint density at radius 3 is 2.35 bits per heavy atom. The molecule has 3 rings (SSSR count).